The van der Waals surface area contributed by atoms with E-state index in [4.69, 9.17) is 9.47 Å². The van der Waals surface area contributed by atoms with Crippen LogP contribution >= 0.6 is 0 Å². The Morgan fingerprint density at radius 1 is 0.900 bits per heavy atom. The molecule has 0 atom stereocenters. The van der Waals surface area contributed by atoms with Crippen molar-refractivity contribution in [3.63, 3.8) is 0 Å². The molecular formula is C22H19NO7. The van der Waals surface area contributed by atoms with Crippen molar-refractivity contribution in [1.29, 1.82) is 0 Å². The highest BCUT2D eigenvalue weighted by Gasteiger charge is 2.19. The average Bonchev–Trinajstić information content (AvgIpc) is 2.75. The molecule has 0 saturated heterocycles. The van der Waals surface area contributed by atoms with Crippen LogP contribution in [0.4, 0.5) is 5.69 Å². The number of amides is 1. The Hall–Kier alpha value is -4.07. The van der Waals surface area contributed by atoms with Gasteiger partial charge in [0.05, 0.1) is 12.2 Å². The topological polar surface area (TPSA) is 122 Å². The molecular weight excluding hydrogens is 390 g/mol. The number of benzene rings is 3. The van der Waals surface area contributed by atoms with Gasteiger partial charge in [-0.05, 0) is 37.3 Å². The molecule has 3 rings (SSSR count). The van der Waals surface area contributed by atoms with Gasteiger partial charge in [0.25, 0.3) is 5.91 Å². The number of esters is 2. The number of hydrogen-bond acceptors (Lipinski definition) is 7. The van der Waals surface area contributed by atoms with Crippen LogP contribution in [0.5, 0.6) is 11.5 Å². The summed E-state index contributed by atoms with van der Waals surface area (Å²) in [7, 11) is 0. The molecule has 0 aromatic heterocycles. The Bertz CT molecular complexity index is 1110. The lowest BCUT2D eigenvalue weighted by atomic mass is 10.0. The van der Waals surface area contributed by atoms with Gasteiger partial charge < -0.3 is 25.0 Å². The molecule has 3 aromatic carbocycles. The third-order valence-electron chi connectivity index (χ3n) is 4.23. The molecule has 0 radical (unpaired) electrons. The van der Waals surface area contributed by atoms with Crippen LogP contribution in [0.25, 0.3) is 10.8 Å². The number of rotatable bonds is 6. The molecule has 0 aliphatic rings. The van der Waals surface area contributed by atoms with Crippen LogP contribution in [0.15, 0.2) is 54.6 Å². The normalized spacial score (nSPS) is 10.4. The zero-order valence-corrected chi connectivity index (χ0v) is 16.0. The van der Waals surface area contributed by atoms with Gasteiger partial charge in [0.15, 0.2) is 6.61 Å². The first-order chi connectivity index (χ1) is 14.4. The molecule has 0 heterocycles. The van der Waals surface area contributed by atoms with E-state index in [1.165, 1.54) is 24.3 Å². The van der Waals surface area contributed by atoms with Crippen molar-refractivity contribution in [2.24, 2.45) is 0 Å². The lowest BCUT2D eigenvalue weighted by Crippen LogP contribution is -2.21. The van der Waals surface area contributed by atoms with Crippen molar-refractivity contribution in [3.05, 3.63) is 65.7 Å². The molecule has 8 heteroatoms. The molecule has 154 valence electrons. The van der Waals surface area contributed by atoms with Crippen LogP contribution in [0, 0.1) is 0 Å². The summed E-state index contributed by atoms with van der Waals surface area (Å²) in [5, 5.41) is 23.6. The van der Waals surface area contributed by atoms with E-state index >= 15 is 0 Å². The minimum absolute atomic E-state index is 0.193. The fourth-order valence-corrected chi connectivity index (χ4v) is 2.81. The van der Waals surface area contributed by atoms with Crippen molar-refractivity contribution in [2.45, 2.75) is 6.92 Å². The van der Waals surface area contributed by atoms with Crippen molar-refractivity contribution >= 4 is 34.3 Å². The lowest BCUT2D eigenvalue weighted by molar-refractivity contribution is -0.119. The molecule has 0 aliphatic heterocycles. The number of nitrogens with one attached hydrogen (secondary N) is 1. The molecule has 3 N–H and O–H groups in total. The predicted octanol–water partition coefficient (Wildman–Crippen LogP) is 3.22. The van der Waals surface area contributed by atoms with Crippen molar-refractivity contribution in [3.8, 4) is 11.5 Å². The highest BCUT2D eigenvalue weighted by molar-refractivity contribution is 6.04. The molecule has 0 aliphatic carbocycles. The minimum Gasteiger partial charge on any atom is -0.507 e. The number of carbonyl (C=O) groups is 3. The smallest absolute Gasteiger partial charge is 0.342 e. The molecule has 3 aromatic rings. The molecule has 8 nitrogen and oxygen atoms in total. The second kappa shape index (κ2) is 8.95. The predicted molar refractivity (Wildman–Crippen MR) is 109 cm³/mol. The number of phenols is 2. The van der Waals surface area contributed by atoms with Gasteiger partial charge in [-0.15, -0.1) is 0 Å². The fourth-order valence-electron chi connectivity index (χ4n) is 2.81. The minimum atomic E-state index is -0.957. The van der Waals surface area contributed by atoms with Gasteiger partial charge in [-0.3, -0.25) is 4.79 Å². The second-order valence-corrected chi connectivity index (χ2v) is 6.26. The molecule has 0 spiro atoms. The average molecular weight is 409 g/mol. The van der Waals surface area contributed by atoms with E-state index in [1.54, 1.807) is 31.2 Å². The monoisotopic (exact) mass is 409 g/mol. The fraction of sp³-hybridized carbons (Fsp3) is 0.136. The maximum atomic E-state index is 12.3. The van der Waals surface area contributed by atoms with E-state index in [9.17, 15) is 24.6 Å². The van der Waals surface area contributed by atoms with E-state index in [1.807, 2.05) is 0 Å². The highest BCUT2D eigenvalue weighted by Crippen LogP contribution is 2.35. The van der Waals surface area contributed by atoms with Gasteiger partial charge in [-0.25, -0.2) is 9.59 Å². The van der Waals surface area contributed by atoms with Crippen LogP contribution in [-0.2, 0) is 14.3 Å². The third kappa shape index (κ3) is 4.49. The maximum Gasteiger partial charge on any atom is 0.342 e. The largest absolute Gasteiger partial charge is 0.507 e. The van der Waals surface area contributed by atoms with Gasteiger partial charge in [0.2, 0.25) is 0 Å². The number of ether oxygens (including phenoxy) is 2. The van der Waals surface area contributed by atoms with E-state index in [0.29, 0.717) is 16.6 Å². The Kier molecular flexibility index (Phi) is 6.17. The van der Waals surface area contributed by atoms with E-state index in [-0.39, 0.29) is 29.1 Å². The van der Waals surface area contributed by atoms with Crippen LogP contribution < -0.4 is 5.32 Å². The SMILES string of the molecule is CCOC(=O)c1ccc(NC(=O)COC(=O)c2cc(O)c3ccccc3c2O)cc1. The van der Waals surface area contributed by atoms with Crippen molar-refractivity contribution in [1.82, 2.24) is 0 Å². The van der Waals surface area contributed by atoms with Crippen LogP contribution in [0.2, 0.25) is 0 Å². The maximum absolute atomic E-state index is 12.3. The first-order valence-corrected chi connectivity index (χ1v) is 9.08. The zero-order valence-electron chi connectivity index (χ0n) is 16.0. The Balaban J connectivity index is 1.62. The first kappa shape index (κ1) is 20.7. The van der Waals surface area contributed by atoms with Gasteiger partial charge in [0, 0.05) is 16.5 Å². The molecule has 0 unspecified atom stereocenters. The van der Waals surface area contributed by atoms with Gasteiger partial charge in [-0.1, -0.05) is 24.3 Å². The van der Waals surface area contributed by atoms with E-state index in [2.05, 4.69) is 5.32 Å². The number of fused-ring (bicyclic) bond motifs is 1. The summed E-state index contributed by atoms with van der Waals surface area (Å²) in [5.41, 5.74) is 0.487. The van der Waals surface area contributed by atoms with Crippen molar-refractivity contribution < 1.29 is 34.1 Å². The number of anilines is 1. The summed E-state index contributed by atoms with van der Waals surface area (Å²) in [4.78, 5) is 35.9. The molecule has 0 fully saturated rings. The van der Waals surface area contributed by atoms with Crippen LogP contribution in [0.3, 0.4) is 0 Å². The van der Waals surface area contributed by atoms with Crippen molar-refractivity contribution in [2.75, 3.05) is 18.5 Å². The second-order valence-electron chi connectivity index (χ2n) is 6.26. The summed E-state index contributed by atoms with van der Waals surface area (Å²) in [6.45, 7) is 1.35. The number of hydrogen-bond donors (Lipinski definition) is 3. The third-order valence-corrected chi connectivity index (χ3v) is 4.23. The summed E-state index contributed by atoms with van der Waals surface area (Å²) >= 11 is 0. The summed E-state index contributed by atoms with van der Waals surface area (Å²) in [5.74, 6) is -2.58. The Morgan fingerprint density at radius 2 is 1.57 bits per heavy atom. The van der Waals surface area contributed by atoms with Gasteiger partial charge >= 0.3 is 11.9 Å². The lowest BCUT2D eigenvalue weighted by Gasteiger charge is -2.10. The number of aromatic hydroxyl groups is 2. The number of carbonyl (C=O) groups excluding carboxylic acids is 3. The Labute approximate surface area is 171 Å². The van der Waals surface area contributed by atoms with Gasteiger partial charge in [0.1, 0.15) is 17.1 Å². The highest BCUT2D eigenvalue weighted by atomic mass is 16.5. The zero-order chi connectivity index (χ0) is 21.7. The van der Waals surface area contributed by atoms with Gasteiger partial charge in [-0.2, -0.15) is 0 Å². The quantitative estimate of drug-likeness (QED) is 0.422. The summed E-state index contributed by atoms with van der Waals surface area (Å²) < 4.78 is 9.82. The molecule has 30 heavy (non-hydrogen) atoms. The van der Waals surface area contributed by atoms with E-state index < -0.39 is 24.5 Å². The Morgan fingerprint density at radius 3 is 2.23 bits per heavy atom. The molecule has 0 bridgehead atoms. The summed E-state index contributed by atoms with van der Waals surface area (Å²) in [6, 6.07) is 13.6. The van der Waals surface area contributed by atoms with Crippen LogP contribution in [0.1, 0.15) is 27.6 Å². The summed E-state index contributed by atoms with van der Waals surface area (Å²) in [6.07, 6.45) is 0. The molecule has 1 amide bonds. The first-order valence-electron chi connectivity index (χ1n) is 9.08. The van der Waals surface area contributed by atoms with Crippen LogP contribution in [-0.4, -0.2) is 41.3 Å². The van der Waals surface area contributed by atoms with E-state index in [0.717, 1.165) is 6.07 Å². The number of phenolic OH excluding ortho intramolecular Hbond substituents is 2. The standard InChI is InChI=1S/C22H19NO7/c1-2-29-21(27)13-7-9-14(10-8-13)23-19(25)12-30-22(28)17-11-18(24)15-5-3-4-6-16(15)20(17)26/h3-11,24,26H,2,12H2,1H3,(H,23,25). The molecule has 0 saturated carbocycles.